The van der Waals surface area contributed by atoms with E-state index in [4.69, 9.17) is 10.5 Å². The zero-order valence-electron chi connectivity index (χ0n) is 12.2. The Morgan fingerprint density at radius 1 is 1.32 bits per heavy atom. The number of carbonyl (C=O) groups is 1. The van der Waals surface area contributed by atoms with E-state index in [1.807, 2.05) is 38.1 Å². The maximum atomic E-state index is 12.0. The molecule has 0 aromatic heterocycles. The van der Waals surface area contributed by atoms with E-state index in [1.54, 1.807) is 19.1 Å². The minimum atomic E-state index is -0.0779. The van der Waals surface area contributed by atoms with Gasteiger partial charge in [0.25, 0.3) is 0 Å². The van der Waals surface area contributed by atoms with Gasteiger partial charge in [0.2, 0.25) is 5.91 Å². The van der Waals surface area contributed by atoms with Crippen molar-refractivity contribution in [3.8, 4) is 5.75 Å². The molecule has 0 aliphatic carbocycles. The van der Waals surface area contributed by atoms with E-state index >= 15 is 0 Å². The molecule has 0 spiro atoms. The van der Waals surface area contributed by atoms with Gasteiger partial charge in [0, 0.05) is 26.1 Å². The lowest BCUT2D eigenvalue weighted by Crippen LogP contribution is -2.35. The fraction of sp³-hybridized carbons (Fsp3) is 0.533. The van der Waals surface area contributed by atoms with Crippen LogP contribution in [0.1, 0.15) is 25.8 Å². The van der Waals surface area contributed by atoms with Gasteiger partial charge in [-0.1, -0.05) is 26.0 Å². The topological polar surface area (TPSA) is 55.6 Å². The van der Waals surface area contributed by atoms with Gasteiger partial charge in [-0.3, -0.25) is 4.79 Å². The van der Waals surface area contributed by atoms with Crippen LogP contribution in [0.25, 0.3) is 0 Å². The summed E-state index contributed by atoms with van der Waals surface area (Å²) < 4.78 is 5.10. The van der Waals surface area contributed by atoms with Crippen LogP contribution in [0.3, 0.4) is 0 Å². The predicted octanol–water partition coefficient (Wildman–Crippen LogP) is 2.03. The molecule has 4 nitrogen and oxygen atoms in total. The minimum Gasteiger partial charge on any atom is -0.497 e. The smallest absolute Gasteiger partial charge is 0.224 e. The summed E-state index contributed by atoms with van der Waals surface area (Å²) in [6, 6.07) is 7.64. The average Bonchev–Trinajstić information content (AvgIpc) is 2.39. The molecule has 2 N–H and O–H groups in total. The Kier molecular flexibility index (Phi) is 5.83. The Labute approximate surface area is 115 Å². The Morgan fingerprint density at radius 3 is 2.37 bits per heavy atom. The zero-order valence-corrected chi connectivity index (χ0v) is 12.2. The fourth-order valence-electron chi connectivity index (χ4n) is 1.69. The van der Waals surface area contributed by atoms with E-state index in [1.165, 1.54) is 0 Å². The molecule has 0 bridgehead atoms. The van der Waals surface area contributed by atoms with E-state index in [2.05, 4.69) is 0 Å². The third-order valence-corrected chi connectivity index (χ3v) is 3.27. The molecule has 106 valence electrons. The maximum Gasteiger partial charge on any atom is 0.224 e. The van der Waals surface area contributed by atoms with Gasteiger partial charge in [-0.05, 0) is 23.6 Å². The molecule has 1 rings (SSSR count). The fourth-order valence-corrected chi connectivity index (χ4v) is 1.69. The quantitative estimate of drug-likeness (QED) is 0.855. The molecule has 0 fully saturated rings. The van der Waals surface area contributed by atoms with Crippen molar-refractivity contribution in [2.75, 3.05) is 14.2 Å². The van der Waals surface area contributed by atoms with Crippen LogP contribution in [0.15, 0.2) is 24.3 Å². The second kappa shape index (κ2) is 7.14. The van der Waals surface area contributed by atoms with Crippen LogP contribution in [0.5, 0.6) is 5.75 Å². The number of carbonyl (C=O) groups excluding carboxylic acids is 1. The number of nitrogens with two attached hydrogens (primary N) is 1. The van der Waals surface area contributed by atoms with Crippen LogP contribution >= 0.6 is 0 Å². The van der Waals surface area contributed by atoms with E-state index in [0.717, 1.165) is 11.3 Å². The SMILES string of the molecule is COc1ccc(CN(C)C(=O)CC(N)C(C)C)cc1. The van der Waals surface area contributed by atoms with Crippen molar-refractivity contribution in [3.63, 3.8) is 0 Å². The number of rotatable bonds is 6. The van der Waals surface area contributed by atoms with Gasteiger partial charge >= 0.3 is 0 Å². The van der Waals surface area contributed by atoms with Crippen LogP contribution in [0.4, 0.5) is 0 Å². The Balaban J connectivity index is 2.53. The molecule has 1 aromatic carbocycles. The first-order valence-corrected chi connectivity index (χ1v) is 6.56. The lowest BCUT2D eigenvalue weighted by Gasteiger charge is -2.21. The van der Waals surface area contributed by atoms with Gasteiger partial charge in [0.1, 0.15) is 5.75 Å². The zero-order chi connectivity index (χ0) is 14.4. The highest BCUT2D eigenvalue weighted by atomic mass is 16.5. The highest BCUT2D eigenvalue weighted by Crippen LogP contribution is 2.13. The van der Waals surface area contributed by atoms with Gasteiger partial charge in [0.15, 0.2) is 0 Å². The summed E-state index contributed by atoms with van der Waals surface area (Å²) in [6.07, 6.45) is 0.393. The van der Waals surface area contributed by atoms with Crippen molar-refractivity contribution in [1.82, 2.24) is 4.90 Å². The number of benzene rings is 1. The number of ether oxygens (including phenoxy) is 1. The van der Waals surface area contributed by atoms with Crippen molar-refractivity contribution in [2.24, 2.45) is 11.7 Å². The molecule has 1 atom stereocenters. The van der Waals surface area contributed by atoms with Gasteiger partial charge in [0.05, 0.1) is 7.11 Å². The molecule has 0 radical (unpaired) electrons. The molecule has 0 aliphatic heterocycles. The van der Waals surface area contributed by atoms with Crippen molar-refractivity contribution in [2.45, 2.75) is 32.9 Å². The molecule has 1 aromatic rings. The second-order valence-electron chi connectivity index (χ2n) is 5.21. The summed E-state index contributed by atoms with van der Waals surface area (Å²) in [7, 11) is 3.44. The second-order valence-corrected chi connectivity index (χ2v) is 5.21. The molecular weight excluding hydrogens is 240 g/mol. The van der Waals surface area contributed by atoms with Gasteiger partial charge in [-0.15, -0.1) is 0 Å². The van der Waals surface area contributed by atoms with Crippen molar-refractivity contribution in [1.29, 1.82) is 0 Å². The van der Waals surface area contributed by atoms with Crippen molar-refractivity contribution < 1.29 is 9.53 Å². The van der Waals surface area contributed by atoms with Crippen molar-refractivity contribution in [3.05, 3.63) is 29.8 Å². The summed E-state index contributed by atoms with van der Waals surface area (Å²) in [5.74, 6) is 1.22. The standard InChI is InChI=1S/C15H24N2O2/c1-11(2)14(16)9-15(18)17(3)10-12-5-7-13(19-4)8-6-12/h5-8,11,14H,9-10,16H2,1-4H3. The lowest BCUT2D eigenvalue weighted by molar-refractivity contribution is -0.131. The largest absolute Gasteiger partial charge is 0.497 e. The third-order valence-electron chi connectivity index (χ3n) is 3.27. The highest BCUT2D eigenvalue weighted by molar-refractivity contribution is 5.76. The van der Waals surface area contributed by atoms with Crippen LogP contribution < -0.4 is 10.5 Å². The van der Waals surface area contributed by atoms with Gasteiger partial charge < -0.3 is 15.4 Å². The molecule has 19 heavy (non-hydrogen) atoms. The van der Waals surface area contributed by atoms with E-state index in [9.17, 15) is 4.79 Å². The molecule has 0 saturated carbocycles. The number of amides is 1. The van der Waals surface area contributed by atoms with Crippen molar-refractivity contribution >= 4 is 5.91 Å². The van der Waals surface area contributed by atoms with Crippen LogP contribution in [0, 0.1) is 5.92 Å². The molecule has 1 amide bonds. The summed E-state index contributed by atoms with van der Waals surface area (Å²) in [4.78, 5) is 13.7. The molecule has 0 aliphatic rings. The number of nitrogens with zero attached hydrogens (tertiary/aromatic N) is 1. The summed E-state index contributed by atoms with van der Waals surface area (Å²) in [5, 5.41) is 0. The number of hydrogen-bond acceptors (Lipinski definition) is 3. The normalized spacial score (nSPS) is 12.3. The van der Waals surface area contributed by atoms with E-state index < -0.39 is 0 Å². The van der Waals surface area contributed by atoms with Crippen LogP contribution in [-0.2, 0) is 11.3 Å². The van der Waals surface area contributed by atoms with E-state index in [-0.39, 0.29) is 11.9 Å². The number of methoxy groups -OCH3 is 1. The average molecular weight is 264 g/mol. The Hall–Kier alpha value is -1.55. The Morgan fingerprint density at radius 2 is 1.89 bits per heavy atom. The third kappa shape index (κ3) is 4.91. The lowest BCUT2D eigenvalue weighted by atomic mass is 10.0. The highest BCUT2D eigenvalue weighted by Gasteiger charge is 2.16. The summed E-state index contributed by atoms with van der Waals surface area (Å²) >= 11 is 0. The molecule has 4 heteroatoms. The first-order chi connectivity index (χ1) is 8.93. The Bertz CT molecular complexity index is 401. The molecule has 1 unspecified atom stereocenters. The minimum absolute atomic E-state index is 0.0779. The summed E-state index contributed by atoms with van der Waals surface area (Å²) in [6.45, 7) is 4.65. The van der Waals surface area contributed by atoms with E-state index in [0.29, 0.717) is 18.9 Å². The first-order valence-electron chi connectivity index (χ1n) is 6.56. The van der Waals surface area contributed by atoms with Crippen LogP contribution in [-0.4, -0.2) is 31.0 Å². The van der Waals surface area contributed by atoms with Gasteiger partial charge in [-0.2, -0.15) is 0 Å². The monoisotopic (exact) mass is 264 g/mol. The summed E-state index contributed by atoms with van der Waals surface area (Å²) in [5.41, 5.74) is 7.00. The predicted molar refractivity (Wildman–Crippen MR) is 76.9 cm³/mol. The van der Waals surface area contributed by atoms with Crippen LogP contribution in [0.2, 0.25) is 0 Å². The molecular formula is C15H24N2O2. The van der Waals surface area contributed by atoms with Gasteiger partial charge in [-0.25, -0.2) is 0 Å². The molecule has 0 heterocycles. The molecule has 0 saturated heterocycles. The maximum absolute atomic E-state index is 12.0. The number of hydrogen-bond donors (Lipinski definition) is 1. The first kappa shape index (κ1) is 15.5.